The van der Waals surface area contributed by atoms with Crippen LogP contribution in [-0.4, -0.2) is 42.1 Å². The molecule has 3 aromatic rings. The van der Waals surface area contributed by atoms with Gasteiger partial charge in [-0.3, -0.25) is 4.79 Å². The largest absolute Gasteiger partial charge is 0.493 e. The van der Waals surface area contributed by atoms with Gasteiger partial charge in [-0.25, -0.2) is 4.68 Å². The highest BCUT2D eigenvalue weighted by molar-refractivity contribution is 5.95. The van der Waals surface area contributed by atoms with Crippen molar-refractivity contribution in [2.75, 3.05) is 20.3 Å². The van der Waals surface area contributed by atoms with E-state index in [-0.39, 0.29) is 23.9 Å². The van der Waals surface area contributed by atoms with E-state index in [0.29, 0.717) is 23.8 Å². The first-order valence-corrected chi connectivity index (χ1v) is 11.2. The fourth-order valence-electron chi connectivity index (χ4n) is 3.88. The van der Waals surface area contributed by atoms with E-state index >= 15 is 0 Å². The number of nitrogens with one attached hydrogen (secondary N) is 1. The van der Waals surface area contributed by atoms with Gasteiger partial charge in [0.15, 0.2) is 11.5 Å². The first-order chi connectivity index (χ1) is 16.8. The number of rotatable bonds is 8. The Morgan fingerprint density at radius 2 is 2.06 bits per heavy atom. The maximum Gasteiger partial charge on any atom is 0.416 e. The minimum absolute atomic E-state index is 0.0822. The Kier molecular flexibility index (Phi) is 7.30. The number of carbonyl (C=O) groups is 1. The van der Waals surface area contributed by atoms with Gasteiger partial charge >= 0.3 is 6.18 Å². The Balaban J connectivity index is 1.41. The summed E-state index contributed by atoms with van der Waals surface area (Å²) >= 11 is 0. The average molecular weight is 489 g/mol. The number of methoxy groups -OCH3 is 1. The zero-order valence-electron chi connectivity index (χ0n) is 19.4. The Morgan fingerprint density at radius 3 is 2.77 bits per heavy atom. The van der Waals surface area contributed by atoms with Crippen LogP contribution in [0.3, 0.4) is 0 Å². The van der Waals surface area contributed by atoms with Crippen LogP contribution >= 0.6 is 0 Å². The fraction of sp³-hybridized carbons (Fsp3) is 0.360. The van der Waals surface area contributed by atoms with Crippen molar-refractivity contribution < 1.29 is 32.2 Å². The number of nitrogens with zero attached hydrogens (tertiary/aromatic N) is 2. The molecule has 35 heavy (non-hydrogen) atoms. The average Bonchev–Trinajstić information content (AvgIpc) is 3.50. The molecule has 1 aliphatic rings. The van der Waals surface area contributed by atoms with Gasteiger partial charge in [0, 0.05) is 13.2 Å². The summed E-state index contributed by atoms with van der Waals surface area (Å²) in [6.45, 7) is 3.05. The number of benzene rings is 2. The van der Waals surface area contributed by atoms with E-state index in [2.05, 4.69) is 10.4 Å². The summed E-state index contributed by atoms with van der Waals surface area (Å²) in [5.41, 5.74) is 0.929. The van der Waals surface area contributed by atoms with Crippen LogP contribution in [0.25, 0.3) is 5.69 Å². The zero-order valence-corrected chi connectivity index (χ0v) is 19.4. The summed E-state index contributed by atoms with van der Waals surface area (Å²) in [7, 11) is 1.54. The number of alkyl halides is 3. The van der Waals surface area contributed by atoms with Crippen molar-refractivity contribution in [2.45, 2.75) is 38.6 Å². The van der Waals surface area contributed by atoms with Gasteiger partial charge in [0.1, 0.15) is 6.61 Å². The van der Waals surface area contributed by atoms with E-state index in [9.17, 15) is 18.0 Å². The van der Waals surface area contributed by atoms with Crippen molar-refractivity contribution in [1.29, 1.82) is 0 Å². The van der Waals surface area contributed by atoms with Crippen LogP contribution in [-0.2, 0) is 17.5 Å². The van der Waals surface area contributed by atoms with Gasteiger partial charge in [-0.1, -0.05) is 12.1 Å². The molecule has 1 aromatic heterocycles. The van der Waals surface area contributed by atoms with E-state index in [1.807, 2.05) is 6.07 Å². The fourth-order valence-corrected chi connectivity index (χ4v) is 3.88. The highest BCUT2D eigenvalue weighted by Crippen LogP contribution is 2.31. The summed E-state index contributed by atoms with van der Waals surface area (Å²) in [5.74, 6) is 0.748. The number of amides is 1. The zero-order chi connectivity index (χ0) is 25.0. The molecule has 1 fully saturated rings. The van der Waals surface area contributed by atoms with Gasteiger partial charge in [0.05, 0.1) is 41.9 Å². The third kappa shape index (κ3) is 5.76. The van der Waals surface area contributed by atoms with Crippen molar-refractivity contribution in [2.24, 2.45) is 0 Å². The molecule has 186 valence electrons. The predicted octanol–water partition coefficient (Wildman–Crippen LogP) is 4.70. The van der Waals surface area contributed by atoms with Gasteiger partial charge in [-0.05, 0) is 55.7 Å². The molecular weight excluding hydrogens is 463 g/mol. The van der Waals surface area contributed by atoms with Crippen molar-refractivity contribution in [3.8, 4) is 17.2 Å². The van der Waals surface area contributed by atoms with Gasteiger partial charge < -0.3 is 19.5 Å². The van der Waals surface area contributed by atoms with Crippen molar-refractivity contribution in [3.63, 3.8) is 0 Å². The van der Waals surface area contributed by atoms with Crippen LogP contribution in [0.4, 0.5) is 13.2 Å². The Morgan fingerprint density at radius 1 is 1.23 bits per heavy atom. The molecule has 7 nitrogen and oxygen atoms in total. The minimum atomic E-state index is -4.47. The minimum Gasteiger partial charge on any atom is -0.493 e. The predicted molar refractivity (Wildman–Crippen MR) is 122 cm³/mol. The highest BCUT2D eigenvalue weighted by atomic mass is 19.4. The second-order valence-electron chi connectivity index (χ2n) is 8.22. The third-order valence-corrected chi connectivity index (χ3v) is 5.80. The summed E-state index contributed by atoms with van der Waals surface area (Å²) in [6, 6.07) is 10.2. The quantitative estimate of drug-likeness (QED) is 0.497. The lowest BCUT2D eigenvalue weighted by Crippen LogP contribution is -2.23. The van der Waals surface area contributed by atoms with E-state index in [1.165, 1.54) is 23.0 Å². The first kappa shape index (κ1) is 24.6. The third-order valence-electron chi connectivity index (χ3n) is 5.80. The lowest BCUT2D eigenvalue weighted by molar-refractivity contribution is -0.137. The van der Waals surface area contributed by atoms with Crippen LogP contribution in [0.5, 0.6) is 11.5 Å². The Labute approximate surface area is 200 Å². The maximum absolute atomic E-state index is 13.1. The molecule has 1 amide bonds. The molecule has 1 aliphatic heterocycles. The molecule has 1 saturated heterocycles. The molecule has 1 N–H and O–H groups in total. The summed E-state index contributed by atoms with van der Waals surface area (Å²) in [4.78, 5) is 12.8. The molecule has 10 heteroatoms. The molecule has 0 saturated carbocycles. The normalized spacial score (nSPS) is 15.7. The summed E-state index contributed by atoms with van der Waals surface area (Å²) in [6.07, 6.45) is -1.05. The van der Waals surface area contributed by atoms with Crippen LogP contribution in [0.2, 0.25) is 0 Å². The second-order valence-corrected chi connectivity index (χ2v) is 8.22. The molecule has 2 heterocycles. The molecule has 0 aliphatic carbocycles. The van der Waals surface area contributed by atoms with Gasteiger partial charge in [0.2, 0.25) is 0 Å². The van der Waals surface area contributed by atoms with Crippen LogP contribution in [0.15, 0.2) is 48.7 Å². The van der Waals surface area contributed by atoms with Crippen LogP contribution < -0.4 is 14.8 Å². The van der Waals surface area contributed by atoms with Crippen molar-refractivity contribution in [1.82, 2.24) is 15.1 Å². The molecule has 1 atom stereocenters. The second kappa shape index (κ2) is 10.4. The number of aromatic nitrogens is 2. The lowest BCUT2D eigenvalue weighted by atomic mass is 10.1. The SMILES string of the molecule is COc1cc(CNC(=O)c2cnn(-c3cccc(C(F)(F)F)c3)c2C)ccc1OCC1CCCO1. The molecule has 1 unspecified atom stereocenters. The van der Waals surface area contributed by atoms with Crippen LogP contribution in [0.1, 0.15) is 40.0 Å². The van der Waals surface area contributed by atoms with Gasteiger partial charge in [-0.15, -0.1) is 0 Å². The van der Waals surface area contributed by atoms with E-state index < -0.39 is 17.6 Å². The van der Waals surface area contributed by atoms with Crippen molar-refractivity contribution >= 4 is 5.91 Å². The van der Waals surface area contributed by atoms with Gasteiger partial charge in [0.25, 0.3) is 5.91 Å². The molecule has 2 aromatic carbocycles. The Hall–Kier alpha value is -3.53. The van der Waals surface area contributed by atoms with E-state index in [1.54, 1.807) is 26.2 Å². The number of ether oxygens (including phenoxy) is 3. The highest BCUT2D eigenvalue weighted by Gasteiger charge is 2.30. The smallest absolute Gasteiger partial charge is 0.416 e. The van der Waals surface area contributed by atoms with Gasteiger partial charge in [-0.2, -0.15) is 18.3 Å². The molecular formula is C25H26F3N3O4. The summed E-state index contributed by atoms with van der Waals surface area (Å²) < 4.78 is 57.3. The summed E-state index contributed by atoms with van der Waals surface area (Å²) in [5, 5.41) is 6.93. The number of carbonyl (C=O) groups excluding carboxylic acids is 1. The van der Waals surface area contributed by atoms with Crippen LogP contribution in [0, 0.1) is 6.92 Å². The van der Waals surface area contributed by atoms with Crippen molar-refractivity contribution in [3.05, 3.63) is 71.0 Å². The monoisotopic (exact) mass is 489 g/mol. The standard InChI is InChI=1S/C25H26F3N3O4/c1-16-21(14-30-31(16)19-6-3-5-18(12-19)25(26,27)28)24(32)29-13-17-8-9-22(23(11-17)33-2)35-15-20-7-4-10-34-20/h3,5-6,8-9,11-12,14,20H,4,7,10,13,15H2,1-2H3,(H,29,32). The maximum atomic E-state index is 13.1. The molecule has 0 spiro atoms. The lowest BCUT2D eigenvalue weighted by Gasteiger charge is -2.15. The van der Waals surface area contributed by atoms with E-state index in [0.717, 1.165) is 37.1 Å². The Bertz CT molecular complexity index is 1190. The number of hydrogen-bond donors (Lipinski definition) is 1. The molecule has 0 bridgehead atoms. The number of halogens is 3. The molecule has 4 rings (SSSR count). The topological polar surface area (TPSA) is 74.6 Å². The first-order valence-electron chi connectivity index (χ1n) is 11.2. The molecule has 0 radical (unpaired) electrons. The number of hydrogen-bond acceptors (Lipinski definition) is 5. The van der Waals surface area contributed by atoms with E-state index in [4.69, 9.17) is 14.2 Å².